The van der Waals surface area contributed by atoms with Crippen molar-refractivity contribution in [3.63, 3.8) is 0 Å². The van der Waals surface area contributed by atoms with Crippen LogP contribution < -0.4 is 0 Å². The standard InChI is InChI=1S/C9H13.3ClH.Zr/c1-2-3-6-9-7-4-5-8-9;;;;/h4,7H,2-3,5-6H2,1H3;3*1H;. The predicted molar refractivity (Wildman–Crippen MR) is 62.1 cm³/mol. The Labute approximate surface area is 115 Å². The van der Waals surface area contributed by atoms with Gasteiger partial charge in [0, 0.05) is 0 Å². The molecule has 0 nitrogen and oxygen atoms in total. The molecule has 0 aromatic carbocycles. The van der Waals surface area contributed by atoms with E-state index < -0.39 is 0 Å². The van der Waals surface area contributed by atoms with Crippen LogP contribution in [0.2, 0.25) is 0 Å². The molecule has 0 N–H and O–H groups in total. The fraction of sp³-hybridized carbons (Fsp3) is 0.556. The molecule has 0 unspecified atom stereocenters. The average molecular weight is 322 g/mol. The zero-order valence-electron chi connectivity index (χ0n) is 7.71. The molecule has 13 heavy (non-hydrogen) atoms. The third-order valence-electron chi connectivity index (χ3n) is 1.83. The molecule has 4 heteroatoms. The van der Waals surface area contributed by atoms with Gasteiger partial charge in [-0.05, 0) is 0 Å². The topological polar surface area (TPSA) is 0 Å². The van der Waals surface area contributed by atoms with Gasteiger partial charge in [0.05, 0.1) is 0 Å². The fourth-order valence-corrected chi connectivity index (χ4v) is 1.95. The Bertz CT molecular complexity index is 176. The summed E-state index contributed by atoms with van der Waals surface area (Å²) < 4.78 is 1.67. The smallest absolute Gasteiger partial charge is 0.147 e. The first-order valence-electron chi connectivity index (χ1n) is 3.94. The number of hydrogen-bond donors (Lipinski definition) is 0. The first-order chi connectivity index (χ1) is 4.84. The van der Waals surface area contributed by atoms with Crippen LogP contribution in [-0.2, 0) is 24.7 Å². The molecule has 1 aliphatic rings. The van der Waals surface area contributed by atoms with E-state index in [0.717, 1.165) is 0 Å². The minimum atomic E-state index is 0. The third kappa shape index (κ3) is 7.20. The van der Waals surface area contributed by atoms with Crippen molar-refractivity contribution in [2.45, 2.75) is 32.6 Å². The second kappa shape index (κ2) is 11.3. The van der Waals surface area contributed by atoms with Gasteiger partial charge in [-0.3, -0.25) is 0 Å². The summed E-state index contributed by atoms with van der Waals surface area (Å²) in [5, 5.41) is 0. The number of unbranched alkanes of at least 4 members (excludes halogenated alkanes) is 1. The predicted octanol–water partition coefficient (Wildman–Crippen LogP) is 4.20. The first kappa shape index (κ1) is 19.8. The number of hydrogen-bond acceptors (Lipinski definition) is 0. The van der Waals surface area contributed by atoms with Crippen molar-refractivity contribution in [1.29, 1.82) is 0 Å². The van der Waals surface area contributed by atoms with Crippen molar-refractivity contribution in [2.75, 3.05) is 0 Å². The normalized spacial score (nSPS) is 12.9. The molecule has 1 rings (SSSR count). The van der Waals surface area contributed by atoms with Gasteiger partial charge in [0.1, 0.15) is 0 Å². The van der Waals surface area contributed by atoms with Gasteiger partial charge in [-0.2, -0.15) is 0 Å². The van der Waals surface area contributed by atoms with Gasteiger partial charge in [-0.15, -0.1) is 37.2 Å². The Morgan fingerprint density at radius 2 is 1.92 bits per heavy atom. The molecule has 0 saturated carbocycles. The Morgan fingerprint density at radius 3 is 2.31 bits per heavy atom. The maximum Gasteiger partial charge on any atom is -0.147 e. The molecule has 0 bridgehead atoms. The van der Waals surface area contributed by atoms with Crippen molar-refractivity contribution in [3.05, 3.63) is 21.0 Å². The van der Waals surface area contributed by atoms with E-state index in [9.17, 15) is 0 Å². The summed E-state index contributed by atoms with van der Waals surface area (Å²) in [5.41, 5.74) is 1.63. The summed E-state index contributed by atoms with van der Waals surface area (Å²) in [6.07, 6.45) is 9.82. The van der Waals surface area contributed by atoms with Gasteiger partial charge in [0.25, 0.3) is 0 Å². The second-order valence-corrected chi connectivity index (χ2v) is 4.20. The number of halogens is 3. The zero-order chi connectivity index (χ0) is 7.40. The van der Waals surface area contributed by atoms with E-state index in [1.807, 2.05) is 0 Å². The van der Waals surface area contributed by atoms with E-state index in [1.165, 1.54) is 25.7 Å². The summed E-state index contributed by atoms with van der Waals surface area (Å²) in [4.78, 5) is 0. The van der Waals surface area contributed by atoms with Gasteiger partial charge in [-0.25, -0.2) is 0 Å². The van der Waals surface area contributed by atoms with E-state index in [-0.39, 0.29) is 37.2 Å². The SMILES string of the molecule is CCCCC1=[C]([Zr])CC=C1.Cl.Cl.Cl. The quantitative estimate of drug-likeness (QED) is 0.730. The van der Waals surface area contributed by atoms with Crippen LogP contribution in [-0.4, -0.2) is 0 Å². The van der Waals surface area contributed by atoms with E-state index in [4.69, 9.17) is 0 Å². The molecule has 0 atom stereocenters. The Morgan fingerprint density at radius 1 is 1.31 bits per heavy atom. The van der Waals surface area contributed by atoms with E-state index in [0.29, 0.717) is 0 Å². The zero-order valence-corrected chi connectivity index (χ0v) is 12.6. The monoisotopic (exact) mass is 319 g/mol. The largest absolute Gasteiger partial charge is 0.147 e. The van der Waals surface area contributed by atoms with Gasteiger partial charge < -0.3 is 0 Å². The van der Waals surface area contributed by atoms with Gasteiger partial charge in [0.2, 0.25) is 0 Å². The molecule has 0 aromatic rings. The molecule has 0 amide bonds. The first-order valence-corrected chi connectivity index (χ1v) is 5.17. The molecule has 0 aromatic heterocycles. The summed E-state index contributed by atoms with van der Waals surface area (Å²) >= 11 is 1.61. The maximum atomic E-state index is 2.31. The molecular formula is C9H16Cl3Zr. The molecular weight excluding hydrogens is 306 g/mol. The van der Waals surface area contributed by atoms with Crippen LogP contribution in [0.3, 0.4) is 0 Å². The molecule has 0 heterocycles. The molecule has 77 valence electrons. The molecule has 1 aliphatic carbocycles. The second-order valence-electron chi connectivity index (χ2n) is 2.71. The summed E-state index contributed by atoms with van der Waals surface area (Å²) in [6.45, 7) is 2.25. The number of rotatable bonds is 3. The van der Waals surface area contributed by atoms with Gasteiger partial charge >= 0.3 is 78.3 Å². The third-order valence-corrected chi connectivity index (χ3v) is 3.12. The Hall–Kier alpha value is 1.23. The van der Waals surface area contributed by atoms with Crippen LogP contribution in [0.1, 0.15) is 32.6 Å². The fourth-order valence-electron chi connectivity index (χ4n) is 1.15. The number of allylic oxidation sites excluding steroid dienone is 4. The van der Waals surface area contributed by atoms with Crippen LogP contribution in [0.15, 0.2) is 21.0 Å². The minimum absolute atomic E-state index is 0. The molecule has 0 saturated heterocycles. The van der Waals surface area contributed by atoms with Crippen LogP contribution >= 0.6 is 37.2 Å². The molecule has 0 fully saturated rings. The summed E-state index contributed by atoms with van der Waals surface area (Å²) in [7, 11) is 0. The van der Waals surface area contributed by atoms with Crippen molar-refractivity contribution in [3.8, 4) is 0 Å². The van der Waals surface area contributed by atoms with Crippen LogP contribution in [0.25, 0.3) is 0 Å². The Balaban J connectivity index is -0.000000333. The van der Waals surface area contributed by atoms with Crippen LogP contribution in [0.4, 0.5) is 0 Å². The summed E-state index contributed by atoms with van der Waals surface area (Å²) in [6, 6.07) is 0. The van der Waals surface area contributed by atoms with Crippen LogP contribution in [0.5, 0.6) is 0 Å². The minimum Gasteiger partial charge on any atom is -0.147 e. The van der Waals surface area contributed by atoms with E-state index in [2.05, 4.69) is 19.1 Å². The average Bonchev–Trinajstić information content (AvgIpc) is 2.31. The van der Waals surface area contributed by atoms with Gasteiger partial charge in [-0.1, -0.05) is 0 Å². The van der Waals surface area contributed by atoms with Crippen molar-refractivity contribution in [2.24, 2.45) is 0 Å². The van der Waals surface area contributed by atoms with E-state index >= 15 is 0 Å². The van der Waals surface area contributed by atoms with Gasteiger partial charge in [0.15, 0.2) is 0 Å². The van der Waals surface area contributed by atoms with Crippen molar-refractivity contribution in [1.82, 2.24) is 0 Å². The van der Waals surface area contributed by atoms with Crippen molar-refractivity contribution >= 4 is 37.2 Å². The Kier molecular flexibility index (Phi) is 17.2. The molecule has 0 radical (unpaired) electrons. The summed E-state index contributed by atoms with van der Waals surface area (Å²) in [5.74, 6) is 0. The molecule has 0 spiro atoms. The van der Waals surface area contributed by atoms with Crippen LogP contribution in [0, 0.1) is 0 Å². The molecule has 0 aliphatic heterocycles. The maximum absolute atomic E-state index is 2.31. The van der Waals surface area contributed by atoms with Crippen molar-refractivity contribution < 1.29 is 24.7 Å². The van der Waals surface area contributed by atoms with E-state index in [1.54, 1.807) is 33.6 Å².